The Morgan fingerprint density at radius 1 is 1.23 bits per heavy atom. The van der Waals surface area contributed by atoms with Crippen LogP contribution in [0, 0.1) is 0 Å². The zero-order valence-electron chi connectivity index (χ0n) is 13.3. The van der Waals surface area contributed by atoms with Crippen molar-refractivity contribution in [3.05, 3.63) is 77.1 Å². The highest BCUT2D eigenvalue weighted by Crippen LogP contribution is 2.51. The van der Waals surface area contributed by atoms with Gasteiger partial charge in [-0.15, -0.1) is 0 Å². The van der Waals surface area contributed by atoms with Crippen LogP contribution >= 0.6 is 7.92 Å². The maximum Gasteiger partial charge on any atom is 0.0181 e. The Morgan fingerprint density at radius 2 is 1.95 bits per heavy atom. The van der Waals surface area contributed by atoms with Gasteiger partial charge in [-0.05, 0) is 52.9 Å². The highest BCUT2D eigenvalue weighted by Gasteiger charge is 2.28. The molecule has 2 aromatic rings. The SMILES string of the molecule is C=C(C)/C=C1\Cc2c(CN)ccc(-c3ccccc3)c2P1C. The average molecular weight is 307 g/mol. The summed E-state index contributed by atoms with van der Waals surface area (Å²) in [4.78, 5) is 0. The molecule has 1 atom stereocenters. The van der Waals surface area contributed by atoms with Crippen LogP contribution in [-0.4, -0.2) is 6.66 Å². The molecule has 0 aliphatic carbocycles. The zero-order valence-corrected chi connectivity index (χ0v) is 14.2. The Morgan fingerprint density at radius 3 is 2.59 bits per heavy atom. The van der Waals surface area contributed by atoms with Gasteiger partial charge in [-0.3, -0.25) is 0 Å². The van der Waals surface area contributed by atoms with E-state index in [2.05, 4.69) is 68.7 Å². The summed E-state index contributed by atoms with van der Waals surface area (Å²) in [5, 5.41) is 3.02. The normalized spacial score (nSPS) is 18.5. The van der Waals surface area contributed by atoms with Gasteiger partial charge in [0.2, 0.25) is 0 Å². The fraction of sp³-hybridized carbons (Fsp3) is 0.200. The van der Waals surface area contributed by atoms with Gasteiger partial charge in [-0.1, -0.05) is 68.6 Å². The molecule has 2 heteroatoms. The van der Waals surface area contributed by atoms with Crippen LogP contribution in [0.1, 0.15) is 18.1 Å². The molecule has 0 bridgehead atoms. The van der Waals surface area contributed by atoms with Gasteiger partial charge in [0.25, 0.3) is 0 Å². The second-order valence-electron chi connectivity index (χ2n) is 5.89. The lowest BCUT2D eigenvalue weighted by molar-refractivity contribution is 1.04. The second-order valence-corrected chi connectivity index (χ2v) is 8.03. The van der Waals surface area contributed by atoms with Crippen molar-refractivity contribution in [1.29, 1.82) is 0 Å². The lowest BCUT2D eigenvalue weighted by atomic mass is 9.97. The van der Waals surface area contributed by atoms with Crippen molar-refractivity contribution in [3.8, 4) is 11.1 Å². The van der Waals surface area contributed by atoms with Gasteiger partial charge in [0, 0.05) is 6.54 Å². The maximum atomic E-state index is 5.97. The number of rotatable bonds is 3. The van der Waals surface area contributed by atoms with E-state index in [0.717, 1.165) is 12.0 Å². The Kier molecular flexibility index (Phi) is 4.29. The zero-order chi connectivity index (χ0) is 15.7. The van der Waals surface area contributed by atoms with E-state index in [1.165, 1.54) is 32.9 Å². The topological polar surface area (TPSA) is 26.0 Å². The van der Waals surface area contributed by atoms with E-state index in [0.29, 0.717) is 6.54 Å². The molecular weight excluding hydrogens is 285 g/mol. The van der Waals surface area contributed by atoms with E-state index in [1.54, 1.807) is 0 Å². The van der Waals surface area contributed by atoms with Crippen molar-refractivity contribution < 1.29 is 0 Å². The Labute approximate surface area is 134 Å². The molecule has 2 aromatic carbocycles. The first-order chi connectivity index (χ1) is 10.6. The first-order valence-corrected chi connectivity index (χ1v) is 9.40. The maximum absolute atomic E-state index is 5.97. The summed E-state index contributed by atoms with van der Waals surface area (Å²) < 4.78 is 0. The van der Waals surface area contributed by atoms with Crippen LogP contribution in [-0.2, 0) is 13.0 Å². The Bertz CT molecular complexity index is 744. The van der Waals surface area contributed by atoms with Crippen LogP contribution < -0.4 is 11.0 Å². The van der Waals surface area contributed by atoms with Gasteiger partial charge in [0.15, 0.2) is 0 Å². The largest absolute Gasteiger partial charge is 0.326 e. The number of allylic oxidation sites excluding steroid dienone is 3. The monoisotopic (exact) mass is 307 g/mol. The van der Waals surface area contributed by atoms with E-state index < -0.39 is 0 Å². The molecular formula is C20H22NP. The summed E-state index contributed by atoms with van der Waals surface area (Å²) in [6.07, 6.45) is 3.29. The van der Waals surface area contributed by atoms with Crippen LogP contribution in [0.3, 0.4) is 0 Å². The number of fused-ring (bicyclic) bond motifs is 1. The van der Waals surface area contributed by atoms with Gasteiger partial charge < -0.3 is 5.73 Å². The molecule has 22 heavy (non-hydrogen) atoms. The lowest BCUT2D eigenvalue weighted by Crippen LogP contribution is -2.11. The standard InChI is InChI=1S/C20H22NP/c1-14(2)11-17-12-19-16(13-21)9-10-18(20(19)22(17)3)15-7-5-4-6-8-15/h4-11H,1,12-13,21H2,2-3H3/b17-11+. The number of nitrogens with two attached hydrogens (primary N) is 1. The van der Waals surface area contributed by atoms with Gasteiger partial charge >= 0.3 is 0 Å². The van der Waals surface area contributed by atoms with Crippen molar-refractivity contribution in [1.82, 2.24) is 0 Å². The quantitative estimate of drug-likeness (QED) is 0.826. The highest BCUT2D eigenvalue weighted by molar-refractivity contribution is 7.70. The van der Waals surface area contributed by atoms with E-state index in [1.807, 2.05) is 0 Å². The van der Waals surface area contributed by atoms with Crippen LogP contribution in [0.2, 0.25) is 0 Å². The first kappa shape index (κ1) is 15.2. The van der Waals surface area contributed by atoms with E-state index in [4.69, 9.17) is 5.73 Å². The van der Waals surface area contributed by atoms with Crippen LogP contribution in [0.4, 0.5) is 0 Å². The summed E-state index contributed by atoms with van der Waals surface area (Å²) in [5.41, 5.74) is 12.5. The third-order valence-electron chi connectivity index (χ3n) is 4.22. The van der Waals surface area contributed by atoms with Gasteiger partial charge in [0.1, 0.15) is 0 Å². The minimum atomic E-state index is -0.298. The van der Waals surface area contributed by atoms with E-state index in [9.17, 15) is 0 Å². The molecule has 0 fully saturated rings. The van der Waals surface area contributed by atoms with Crippen molar-refractivity contribution in [2.45, 2.75) is 19.9 Å². The van der Waals surface area contributed by atoms with Crippen LogP contribution in [0.25, 0.3) is 11.1 Å². The highest BCUT2D eigenvalue weighted by atomic mass is 31.1. The molecule has 2 N–H and O–H groups in total. The molecule has 0 spiro atoms. The molecule has 1 unspecified atom stereocenters. The molecule has 1 nitrogen and oxygen atoms in total. The Hall–Kier alpha value is -1.69. The molecule has 0 saturated carbocycles. The van der Waals surface area contributed by atoms with Crippen molar-refractivity contribution in [2.24, 2.45) is 5.73 Å². The van der Waals surface area contributed by atoms with Crippen LogP contribution in [0.15, 0.2) is 66.0 Å². The molecule has 0 saturated heterocycles. The summed E-state index contributed by atoms with van der Waals surface area (Å²) in [5.74, 6) is 0. The molecule has 0 amide bonds. The summed E-state index contributed by atoms with van der Waals surface area (Å²) in [6.45, 7) is 9.09. The predicted molar refractivity (Wildman–Crippen MR) is 98.8 cm³/mol. The van der Waals surface area contributed by atoms with Crippen molar-refractivity contribution >= 4 is 13.2 Å². The molecule has 112 valence electrons. The summed E-state index contributed by atoms with van der Waals surface area (Å²) >= 11 is 0. The average Bonchev–Trinajstić information content (AvgIpc) is 2.84. The van der Waals surface area contributed by atoms with E-state index in [-0.39, 0.29) is 7.92 Å². The minimum absolute atomic E-state index is 0.298. The van der Waals surface area contributed by atoms with Crippen LogP contribution in [0.5, 0.6) is 0 Å². The summed E-state index contributed by atoms with van der Waals surface area (Å²) in [7, 11) is -0.298. The van der Waals surface area contributed by atoms with Gasteiger partial charge in [-0.25, -0.2) is 0 Å². The smallest absolute Gasteiger partial charge is 0.0181 e. The first-order valence-electron chi connectivity index (χ1n) is 7.62. The third-order valence-corrected chi connectivity index (χ3v) is 6.55. The third kappa shape index (κ3) is 2.67. The van der Waals surface area contributed by atoms with Gasteiger partial charge in [-0.2, -0.15) is 0 Å². The molecule has 3 rings (SSSR count). The Balaban J connectivity index is 2.19. The molecule has 0 aromatic heterocycles. The summed E-state index contributed by atoms with van der Waals surface area (Å²) in [6, 6.07) is 15.1. The predicted octanol–water partition coefficient (Wildman–Crippen LogP) is 4.57. The lowest BCUT2D eigenvalue weighted by Gasteiger charge is -2.15. The second kappa shape index (κ2) is 6.20. The number of hydrogen-bond acceptors (Lipinski definition) is 1. The number of hydrogen-bond donors (Lipinski definition) is 1. The van der Waals surface area contributed by atoms with Crippen molar-refractivity contribution in [2.75, 3.05) is 6.66 Å². The van der Waals surface area contributed by atoms with Gasteiger partial charge in [0.05, 0.1) is 0 Å². The molecule has 1 aliphatic heterocycles. The molecule has 1 heterocycles. The fourth-order valence-corrected chi connectivity index (χ4v) is 5.47. The van der Waals surface area contributed by atoms with E-state index >= 15 is 0 Å². The minimum Gasteiger partial charge on any atom is -0.326 e. The van der Waals surface area contributed by atoms with Crippen molar-refractivity contribution in [3.63, 3.8) is 0 Å². The molecule has 0 radical (unpaired) electrons. The number of benzene rings is 2. The molecule has 1 aliphatic rings. The fourth-order valence-electron chi connectivity index (χ4n) is 3.18.